The van der Waals surface area contributed by atoms with Gasteiger partial charge in [-0.15, -0.1) is 10.2 Å². The molecule has 12 nitrogen and oxygen atoms in total. The maximum absolute atomic E-state index is 16.1. The van der Waals surface area contributed by atoms with Crippen LogP contribution in [0.3, 0.4) is 0 Å². The Balaban J connectivity index is 1.23. The fraction of sp³-hybridized carbons (Fsp3) is 0.429. The van der Waals surface area contributed by atoms with Gasteiger partial charge in [0.15, 0.2) is 17.4 Å². The van der Waals surface area contributed by atoms with E-state index in [-0.39, 0.29) is 64.1 Å². The molecule has 3 aliphatic heterocycles. The number of piperazine rings is 2. The average Bonchev–Trinajstić information content (AvgIpc) is 3.59. The van der Waals surface area contributed by atoms with E-state index in [9.17, 15) is 14.0 Å². The number of rotatable bonds is 6. The molecular weight excluding hydrogens is 672 g/mol. The van der Waals surface area contributed by atoms with Gasteiger partial charge in [-0.1, -0.05) is 0 Å². The Morgan fingerprint density at radius 2 is 1.29 bits per heavy atom. The second kappa shape index (κ2) is 12.7. The third kappa shape index (κ3) is 5.42. The third-order valence-electron chi connectivity index (χ3n) is 10.2. The fourth-order valence-electron chi connectivity index (χ4n) is 7.35. The van der Waals surface area contributed by atoms with Gasteiger partial charge in [0.1, 0.15) is 41.6 Å². The number of benzene rings is 2. The largest absolute Gasteiger partial charge is 0.487 e. The number of aryl methyl sites for hydroxylation is 1. The van der Waals surface area contributed by atoms with Gasteiger partial charge < -0.3 is 37.9 Å². The predicted octanol–water partition coefficient (Wildman–Crippen LogP) is 3.88. The molecule has 1 atom stereocenters. The number of alkyl halides is 1. The van der Waals surface area contributed by atoms with E-state index in [0.29, 0.717) is 56.2 Å². The lowest BCUT2D eigenvalue weighted by Gasteiger charge is -2.37. The smallest absolute Gasteiger partial charge is 0.253 e. The van der Waals surface area contributed by atoms with E-state index < -0.39 is 35.0 Å². The van der Waals surface area contributed by atoms with Crippen molar-refractivity contribution in [1.29, 1.82) is 0 Å². The number of ether oxygens (including phenoxy) is 1. The van der Waals surface area contributed by atoms with Crippen LogP contribution in [0.5, 0.6) is 5.75 Å². The maximum Gasteiger partial charge on any atom is 0.253 e. The van der Waals surface area contributed by atoms with Crippen molar-refractivity contribution in [3.8, 4) is 28.7 Å². The first kappa shape index (κ1) is 33.2. The first-order chi connectivity index (χ1) is 24.5. The standard InChI is InChI=1S/C35H36F4N8O4/c1-19-18-50-33-28-21(15-25(38)30(33)45-12-8-43(3)9-13-45)32(49)23(17-47(19)28)35-41-40-34(51-35)22-16-46(5-4-36)27-20(31(22)48)14-24(37)29(26(27)39)44-10-6-42(2)7-11-44/h14-17,19H,4-13,18H2,1-3H3/t19-/m1/s1. The second-order valence-electron chi connectivity index (χ2n) is 13.5. The number of fused-ring (bicyclic) bond motifs is 1. The fourth-order valence-corrected chi connectivity index (χ4v) is 7.35. The van der Waals surface area contributed by atoms with Crippen molar-refractivity contribution in [1.82, 2.24) is 29.1 Å². The van der Waals surface area contributed by atoms with Crippen LogP contribution in [-0.2, 0) is 6.54 Å². The van der Waals surface area contributed by atoms with Crippen molar-refractivity contribution in [2.75, 3.05) is 89.5 Å². The molecule has 16 heteroatoms. The van der Waals surface area contributed by atoms with E-state index in [4.69, 9.17) is 9.15 Å². The molecule has 2 saturated heterocycles. The van der Waals surface area contributed by atoms with E-state index in [1.807, 2.05) is 35.4 Å². The summed E-state index contributed by atoms with van der Waals surface area (Å²) in [6, 6.07) is 1.91. The number of nitrogens with zero attached hydrogens (tertiary/aromatic N) is 8. The summed E-state index contributed by atoms with van der Waals surface area (Å²) < 4.78 is 76.3. The highest BCUT2D eigenvalue weighted by Gasteiger charge is 2.32. The average molecular weight is 709 g/mol. The second-order valence-corrected chi connectivity index (χ2v) is 13.5. The number of likely N-dealkylation sites (N-methyl/N-ethyl adjacent to an activating group) is 2. The molecule has 0 N–H and O–H groups in total. The van der Waals surface area contributed by atoms with Gasteiger partial charge in [-0.2, -0.15) is 0 Å². The number of anilines is 2. The van der Waals surface area contributed by atoms with Gasteiger partial charge in [0.25, 0.3) is 11.8 Å². The number of hydrogen-bond donors (Lipinski definition) is 0. The van der Waals surface area contributed by atoms with Crippen molar-refractivity contribution >= 4 is 33.2 Å². The normalized spacial score (nSPS) is 18.6. The highest BCUT2D eigenvalue weighted by atomic mass is 19.1. The lowest BCUT2D eigenvalue weighted by Crippen LogP contribution is -2.45. The van der Waals surface area contributed by atoms with Crippen LogP contribution >= 0.6 is 0 Å². The summed E-state index contributed by atoms with van der Waals surface area (Å²) in [5, 5.41) is 7.81. The SMILES string of the molecule is C[C@@H]1COc2c(N3CCN(C)CC3)c(F)cc3c(=O)c(-c4nnc(-c5cn(CCF)c6c(F)c(N7CCN(C)CC7)c(F)cc6c5=O)o4)cn1c23. The highest BCUT2D eigenvalue weighted by molar-refractivity contribution is 5.94. The molecule has 2 aromatic carbocycles. The van der Waals surface area contributed by atoms with Crippen molar-refractivity contribution in [2.24, 2.45) is 0 Å². The molecule has 268 valence electrons. The molecule has 0 radical (unpaired) electrons. The summed E-state index contributed by atoms with van der Waals surface area (Å²) in [6.45, 7) is 5.49. The molecule has 6 heterocycles. The lowest BCUT2D eigenvalue weighted by atomic mass is 10.1. The zero-order valence-electron chi connectivity index (χ0n) is 28.4. The van der Waals surface area contributed by atoms with E-state index in [0.717, 1.165) is 19.2 Å². The molecule has 0 amide bonds. The zero-order chi connectivity index (χ0) is 35.7. The zero-order valence-corrected chi connectivity index (χ0v) is 28.4. The molecule has 0 saturated carbocycles. The minimum absolute atomic E-state index is 0.0357. The predicted molar refractivity (Wildman–Crippen MR) is 184 cm³/mol. The van der Waals surface area contributed by atoms with Crippen molar-refractivity contribution in [3.05, 3.63) is 62.4 Å². The van der Waals surface area contributed by atoms with Crippen LogP contribution < -0.4 is 25.4 Å². The molecule has 2 fully saturated rings. The first-order valence-corrected chi connectivity index (χ1v) is 16.9. The summed E-state index contributed by atoms with van der Waals surface area (Å²) in [6.07, 6.45) is 2.75. The summed E-state index contributed by atoms with van der Waals surface area (Å²) >= 11 is 0. The number of aromatic nitrogens is 4. The Kier molecular flexibility index (Phi) is 8.25. The topological polar surface area (TPSA) is 105 Å². The summed E-state index contributed by atoms with van der Waals surface area (Å²) in [5.41, 5.74) is -1.42. The van der Waals surface area contributed by atoms with Gasteiger partial charge >= 0.3 is 0 Å². The van der Waals surface area contributed by atoms with E-state index in [2.05, 4.69) is 15.1 Å². The van der Waals surface area contributed by atoms with Gasteiger partial charge in [-0.05, 0) is 33.2 Å². The van der Waals surface area contributed by atoms with E-state index >= 15 is 13.2 Å². The first-order valence-electron chi connectivity index (χ1n) is 16.9. The number of pyridine rings is 2. The monoisotopic (exact) mass is 708 g/mol. The van der Waals surface area contributed by atoms with Gasteiger partial charge in [0.05, 0.1) is 34.4 Å². The number of halogens is 4. The Labute approximate surface area is 289 Å². The Morgan fingerprint density at radius 3 is 1.88 bits per heavy atom. The minimum Gasteiger partial charge on any atom is -0.487 e. The highest BCUT2D eigenvalue weighted by Crippen LogP contribution is 2.43. The maximum atomic E-state index is 16.1. The molecule has 0 aliphatic carbocycles. The molecule has 3 aromatic heterocycles. The van der Waals surface area contributed by atoms with Crippen molar-refractivity contribution in [3.63, 3.8) is 0 Å². The molecule has 3 aliphatic rings. The number of hydrogen-bond acceptors (Lipinski definition) is 10. The Hall–Kier alpha value is -4.96. The molecule has 5 aromatic rings. The van der Waals surface area contributed by atoms with E-state index in [1.54, 1.807) is 11.1 Å². The van der Waals surface area contributed by atoms with Gasteiger partial charge in [0, 0.05) is 64.8 Å². The van der Waals surface area contributed by atoms with Crippen molar-refractivity contribution < 1.29 is 26.7 Å². The summed E-state index contributed by atoms with van der Waals surface area (Å²) in [4.78, 5) is 35.5. The molecule has 0 unspecified atom stereocenters. The Morgan fingerprint density at radius 1 is 0.765 bits per heavy atom. The van der Waals surface area contributed by atoms with Gasteiger partial charge in [-0.25, -0.2) is 17.6 Å². The van der Waals surface area contributed by atoms with Crippen LogP contribution in [-0.4, -0.2) is 109 Å². The van der Waals surface area contributed by atoms with Crippen LogP contribution in [0.2, 0.25) is 0 Å². The third-order valence-corrected chi connectivity index (χ3v) is 10.2. The quantitative estimate of drug-likeness (QED) is 0.242. The lowest BCUT2D eigenvalue weighted by molar-refractivity contribution is 0.245. The van der Waals surface area contributed by atoms with E-state index in [1.165, 1.54) is 16.8 Å². The van der Waals surface area contributed by atoms with Gasteiger partial charge in [-0.3, -0.25) is 9.59 Å². The Bertz CT molecular complexity index is 2310. The van der Waals surface area contributed by atoms with Crippen LogP contribution in [0.25, 0.3) is 44.7 Å². The minimum atomic E-state index is -0.962. The summed E-state index contributed by atoms with van der Waals surface area (Å²) in [7, 11) is 3.92. The molecular formula is C35H36F4N8O4. The molecule has 8 rings (SSSR count). The molecule has 51 heavy (non-hydrogen) atoms. The summed E-state index contributed by atoms with van der Waals surface area (Å²) in [5.74, 6) is -2.76. The van der Waals surface area contributed by atoms with Crippen LogP contribution in [0.1, 0.15) is 13.0 Å². The van der Waals surface area contributed by atoms with Gasteiger partial charge in [0.2, 0.25) is 10.9 Å². The van der Waals surface area contributed by atoms with Crippen LogP contribution in [0.4, 0.5) is 28.9 Å². The van der Waals surface area contributed by atoms with Crippen LogP contribution in [0.15, 0.2) is 38.5 Å². The molecule has 0 bridgehead atoms. The van der Waals surface area contributed by atoms with Crippen LogP contribution in [0, 0.1) is 17.5 Å². The molecule has 0 spiro atoms. The van der Waals surface area contributed by atoms with Crippen molar-refractivity contribution in [2.45, 2.75) is 19.5 Å².